The number of carboxylic acids is 1. The van der Waals surface area contributed by atoms with Crippen LogP contribution in [0.3, 0.4) is 0 Å². The molecule has 2 aromatic carbocycles. The van der Waals surface area contributed by atoms with Gasteiger partial charge in [-0.15, -0.1) is 0 Å². The largest absolute Gasteiger partial charge is 0.480 e. The molecule has 0 fully saturated rings. The minimum Gasteiger partial charge on any atom is -0.480 e. The van der Waals surface area contributed by atoms with E-state index >= 15 is 0 Å². The lowest BCUT2D eigenvalue weighted by Crippen LogP contribution is -2.45. The molecule has 3 N–H and O–H groups in total. The summed E-state index contributed by atoms with van der Waals surface area (Å²) < 4.78 is 0. The SMILES string of the molecule is O=C(N[C@H](C(=O)O)C(O)c1ccccc1)c1ccccc1. The van der Waals surface area contributed by atoms with Crippen LogP contribution in [0.5, 0.6) is 0 Å². The van der Waals surface area contributed by atoms with Gasteiger partial charge in [-0.25, -0.2) is 4.79 Å². The van der Waals surface area contributed by atoms with Crippen molar-refractivity contribution in [3.05, 3.63) is 71.8 Å². The van der Waals surface area contributed by atoms with Gasteiger partial charge in [-0.1, -0.05) is 48.5 Å². The van der Waals surface area contributed by atoms with Crippen LogP contribution in [-0.4, -0.2) is 28.1 Å². The highest BCUT2D eigenvalue weighted by molar-refractivity contribution is 5.96. The zero-order valence-electron chi connectivity index (χ0n) is 11.1. The molecule has 0 aliphatic rings. The summed E-state index contributed by atoms with van der Waals surface area (Å²) in [7, 11) is 0. The van der Waals surface area contributed by atoms with Gasteiger partial charge >= 0.3 is 5.97 Å². The van der Waals surface area contributed by atoms with Gasteiger partial charge in [0, 0.05) is 5.56 Å². The summed E-state index contributed by atoms with van der Waals surface area (Å²) in [6.45, 7) is 0. The Morgan fingerprint density at radius 3 is 1.95 bits per heavy atom. The molecule has 1 unspecified atom stereocenters. The lowest BCUT2D eigenvalue weighted by molar-refractivity contribution is -0.142. The number of hydrogen-bond acceptors (Lipinski definition) is 3. The summed E-state index contributed by atoms with van der Waals surface area (Å²) in [6, 6.07) is 15.2. The van der Waals surface area contributed by atoms with Crippen LogP contribution in [0, 0.1) is 0 Å². The van der Waals surface area contributed by atoms with Crippen molar-refractivity contribution in [2.24, 2.45) is 0 Å². The number of carbonyl (C=O) groups is 2. The van der Waals surface area contributed by atoms with Crippen LogP contribution in [0.1, 0.15) is 22.0 Å². The molecule has 1 amide bonds. The molecule has 0 aliphatic carbocycles. The fraction of sp³-hybridized carbons (Fsp3) is 0.125. The minimum atomic E-state index is -1.42. The molecule has 2 rings (SSSR count). The second kappa shape index (κ2) is 6.67. The summed E-state index contributed by atoms with van der Waals surface area (Å²) >= 11 is 0. The van der Waals surface area contributed by atoms with Crippen molar-refractivity contribution in [2.45, 2.75) is 12.1 Å². The third-order valence-corrected chi connectivity index (χ3v) is 3.05. The fourth-order valence-corrected chi connectivity index (χ4v) is 1.93. The van der Waals surface area contributed by atoms with Gasteiger partial charge in [0.15, 0.2) is 6.04 Å². The topological polar surface area (TPSA) is 86.6 Å². The Morgan fingerprint density at radius 2 is 1.43 bits per heavy atom. The van der Waals surface area contributed by atoms with Gasteiger partial charge in [-0.05, 0) is 17.7 Å². The molecule has 5 heteroatoms. The molecule has 0 saturated carbocycles. The first-order chi connectivity index (χ1) is 10.1. The van der Waals surface area contributed by atoms with Crippen molar-refractivity contribution in [1.29, 1.82) is 0 Å². The second-order valence-corrected chi connectivity index (χ2v) is 4.51. The molecule has 108 valence electrons. The van der Waals surface area contributed by atoms with Crippen molar-refractivity contribution >= 4 is 11.9 Å². The number of aliphatic hydroxyl groups is 1. The monoisotopic (exact) mass is 285 g/mol. The predicted molar refractivity (Wildman–Crippen MR) is 76.7 cm³/mol. The number of aliphatic carboxylic acids is 1. The van der Waals surface area contributed by atoms with Gasteiger partial charge in [0.05, 0.1) is 0 Å². The van der Waals surface area contributed by atoms with Crippen LogP contribution in [0.15, 0.2) is 60.7 Å². The molecular formula is C16H15NO4. The molecule has 0 bridgehead atoms. The Balaban J connectivity index is 2.17. The minimum absolute atomic E-state index is 0.337. The van der Waals surface area contributed by atoms with Crippen molar-refractivity contribution in [3.63, 3.8) is 0 Å². The number of hydrogen-bond donors (Lipinski definition) is 3. The van der Waals surface area contributed by atoms with Crippen LogP contribution in [0.2, 0.25) is 0 Å². The van der Waals surface area contributed by atoms with Crippen LogP contribution in [0.4, 0.5) is 0 Å². The van der Waals surface area contributed by atoms with Crippen molar-refractivity contribution in [2.75, 3.05) is 0 Å². The molecule has 0 heterocycles. The zero-order valence-corrected chi connectivity index (χ0v) is 11.1. The summed E-state index contributed by atoms with van der Waals surface area (Å²) in [5.74, 6) is -1.84. The van der Waals surface area contributed by atoms with E-state index in [0.29, 0.717) is 11.1 Å². The molecule has 0 spiro atoms. The van der Waals surface area contributed by atoms with E-state index in [1.165, 1.54) is 0 Å². The number of rotatable bonds is 5. The Kier molecular flexibility index (Phi) is 4.68. The predicted octanol–water partition coefficient (Wildman–Crippen LogP) is 1.60. The lowest BCUT2D eigenvalue weighted by atomic mass is 10.0. The Labute approximate surface area is 121 Å². The molecule has 5 nitrogen and oxygen atoms in total. The van der Waals surface area contributed by atoms with E-state index < -0.39 is 24.0 Å². The van der Waals surface area contributed by atoms with Gasteiger partial charge < -0.3 is 15.5 Å². The Bertz CT molecular complexity index is 613. The fourth-order valence-electron chi connectivity index (χ4n) is 1.93. The highest BCUT2D eigenvalue weighted by atomic mass is 16.4. The maximum Gasteiger partial charge on any atom is 0.329 e. The molecule has 0 saturated heterocycles. The number of amides is 1. The summed E-state index contributed by atoms with van der Waals surface area (Å²) in [4.78, 5) is 23.3. The number of carbonyl (C=O) groups excluding carboxylic acids is 1. The highest BCUT2D eigenvalue weighted by Crippen LogP contribution is 2.17. The Hall–Kier alpha value is -2.66. The molecule has 0 aromatic heterocycles. The number of nitrogens with one attached hydrogen (secondary N) is 1. The van der Waals surface area contributed by atoms with Gasteiger partial charge in [-0.2, -0.15) is 0 Å². The van der Waals surface area contributed by atoms with E-state index in [4.69, 9.17) is 0 Å². The van der Waals surface area contributed by atoms with Crippen LogP contribution in [-0.2, 0) is 4.79 Å². The van der Waals surface area contributed by atoms with Crippen molar-refractivity contribution < 1.29 is 19.8 Å². The maximum atomic E-state index is 12.0. The molecule has 2 aromatic rings. The first-order valence-corrected chi connectivity index (χ1v) is 6.41. The van der Waals surface area contributed by atoms with Crippen molar-refractivity contribution in [1.82, 2.24) is 5.32 Å². The van der Waals surface area contributed by atoms with Gasteiger partial charge in [0.1, 0.15) is 6.10 Å². The third-order valence-electron chi connectivity index (χ3n) is 3.05. The van der Waals surface area contributed by atoms with Crippen LogP contribution >= 0.6 is 0 Å². The summed E-state index contributed by atoms with van der Waals surface area (Å²) in [6.07, 6.45) is -1.32. The van der Waals surface area contributed by atoms with E-state index in [2.05, 4.69) is 5.32 Å². The zero-order chi connectivity index (χ0) is 15.2. The third kappa shape index (κ3) is 3.67. The van der Waals surface area contributed by atoms with Gasteiger partial charge in [-0.3, -0.25) is 4.79 Å². The number of carboxylic acid groups (broad SMARTS) is 1. The molecule has 0 radical (unpaired) electrons. The van der Waals surface area contributed by atoms with E-state index in [9.17, 15) is 19.8 Å². The van der Waals surface area contributed by atoms with Crippen LogP contribution in [0.25, 0.3) is 0 Å². The van der Waals surface area contributed by atoms with E-state index in [0.717, 1.165) is 0 Å². The molecule has 21 heavy (non-hydrogen) atoms. The van der Waals surface area contributed by atoms with Crippen molar-refractivity contribution in [3.8, 4) is 0 Å². The lowest BCUT2D eigenvalue weighted by Gasteiger charge is -2.20. The van der Waals surface area contributed by atoms with E-state index in [1.54, 1.807) is 60.7 Å². The first-order valence-electron chi connectivity index (χ1n) is 6.41. The second-order valence-electron chi connectivity index (χ2n) is 4.51. The quantitative estimate of drug-likeness (QED) is 0.779. The molecule has 2 atom stereocenters. The van der Waals surface area contributed by atoms with Crippen LogP contribution < -0.4 is 5.32 Å². The average Bonchev–Trinajstić information content (AvgIpc) is 2.53. The standard InChI is InChI=1S/C16H15NO4/c18-14(11-7-3-1-4-8-11)13(16(20)21)17-15(19)12-9-5-2-6-10-12/h1-10,13-14,18H,(H,17,19)(H,20,21)/t13-,14?/m0/s1. The van der Waals surface area contributed by atoms with E-state index in [-0.39, 0.29) is 0 Å². The maximum absolute atomic E-state index is 12.0. The summed E-state index contributed by atoms with van der Waals surface area (Å²) in [5.41, 5.74) is 0.766. The first kappa shape index (κ1) is 14.7. The molecular weight excluding hydrogens is 270 g/mol. The number of aliphatic hydroxyl groups excluding tert-OH is 1. The average molecular weight is 285 g/mol. The Morgan fingerprint density at radius 1 is 0.905 bits per heavy atom. The van der Waals surface area contributed by atoms with E-state index in [1.807, 2.05) is 0 Å². The van der Waals surface area contributed by atoms with Gasteiger partial charge in [0.2, 0.25) is 0 Å². The summed E-state index contributed by atoms with van der Waals surface area (Å²) in [5, 5.41) is 21.7. The molecule has 0 aliphatic heterocycles. The number of benzene rings is 2. The normalized spacial score (nSPS) is 13.2. The highest BCUT2D eigenvalue weighted by Gasteiger charge is 2.29. The smallest absolute Gasteiger partial charge is 0.329 e. The van der Waals surface area contributed by atoms with Gasteiger partial charge in [0.25, 0.3) is 5.91 Å².